The fourth-order valence-electron chi connectivity index (χ4n) is 2.49. The van der Waals surface area contributed by atoms with Crippen LogP contribution < -0.4 is 5.32 Å². The van der Waals surface area contributed by atoms with Crippen molar-refractivity contribution in [3.63, 3.8) is 0 Å². The molecule has 5 nitrogen and oxygen atoms in total. The van der Waals surface area contributed by atoms with Crippen molar-refractivity contribution in [3.8, 4) is 0 Å². The Bertz CT molecular complexity index is 836. The van der Waals surface area contributed by atoms with E-state index in [-0.39, 0.29) is 23.9 Å². The third-order valence-corrected chi connectivity index (χ3v) is 3.92. The molecule has 1 unspecified atom stereocenters. The van der Waals surface area contributed by atoms with Crippen molar-refractivity contribution in [3.05, 3.63) is 59.8 Å². The highest BCUT2D eigenvalue weighted by molar-refractivity contribution is 5.68. The first-order chi connectivity index (χ1) is 11.4. The number of nitrogens with zero attached hydrogens (tertiary/aromatic N) is 3. The van der Waals surface area contributed by atoms with Crippen LogP contribution in [0.4, 0.5) is 10.2 Å². The summed E-state index contributed by atoms with van der Waals surface area (Å²) in [5.74, 6) is 0.324. The predicted molar refractivity (Wildman–Crippen MR) is 91.5 cm³/mol. The van der Waals surface area contributed by atoms with Crippen LogP contribution in [0.3, 0.4) is 0 Å². The van der Waals surface area contributed by atoms with Crippen molar-refractivity contribution in [2.75, 3.05) is 11.9 Å². The first kappa shape index (κ1) is 16.4. The lowest BCUT2D eigenvalue weighted by molar-refractivity contribution is 0.276. The normalized spacial score (nSPS) is 13.2. The molecule has 24 heavy (non-hydrogen) atoms. The van der Waals surface area contributed by atoms with E-state index in [2.05, 4.69) is 36.2 Å². The molecule has 0 saturated carbocycles. The zero-order valence-corrected chi connectivity index (χ0v) is 14.0. The van der Waals surface area contributed by atoms with Crippen LogP contribution in [0.15, 0.2) is 42.7 Å². The van der Waals surface area contributed by atoms with Crippen LogP contribution in [0.5, 0.6) is 0 Å². The second-order valence-corrected chi connectivity index (χ2v) is 6.82. The van der Waals surface area contributed by atoms with E-state index in [0.29, 0.717) is 5.82 Å². The van der Waals surface area contributed by atoms with Gasteiger partial charge < -0.3 is 10.4 Å². The van der Waals surface area contributed by atoms with Crippen molar-refractivity contribution in [2.24, 2.45) is 0 Å². The number of aliphatic hydroxyl groups is 1. The fourth-order valence-corrected chi connectivity index (χ4v) is 2.49. The third-order valence-electron chi connectivity index (χ3n) is 3.92. The molecule has 6 heteroatoms. The molecule has 0 aliphatic heterocycles. The number of halogens is 1. The second kappa shape index (κ2) is 6.20. The van der Waals surface area contributed by atoms with Crippen LogP contribution in [-0.2, 0) is 5.41 Å². The molecule has 2 N–H and O–H groups in total. The highest BCUT2D eigenvalue weighted by atomic mass is 19.1. The van der Waals surface area contributed by atoms with Crippen molar-refractivity contribution < 1.29 is 9.50 Å². The number of fused-ring (bicyclic) bond motifs is 1. The summed E-state index contributed by atoms with van der Waals surface area (Å²) in [5, 5.41) is 17.5. The summed E-state index contributed by atoms with van der Waals surface area (Å²) in [6, 6.07) is 7.68. The van der Waals surface area contributed by atoms with Gasteiger partial charge in [-0.25, -0.2) is 13.9 Å². The summed E-state index contributed by atoms with van der Waals surface area (Å²) in [6.07, 6.45) is 3.45. The third kappa shape index (κ3) is 3.23. The summed E-state index contributed by atoms with van der Waals surface area (Å²) in [7, 11) is 0. The molecule has 0 bridgehead atoms. The Morgan fingerprint density at radius 3 is 2.58 bits per heavy atom. The van der Waals surface area contributed by atoms with Gasteiger partial charge >= 0.3 is 0 Å². The monoisotopic (exact) mass is 328 g/mol. The van der Waals surface area contributed by atoms with Crippen molar-refractivity contribution in [2.45, 2.75) is 32.2 Å². The van der Waals surface area contributed by atoms with E-state index in [1.165, 1.54) is 12.1 Å². The molecule has 3 rings (SSSR count). The van der Waals surface area contributed by atoms with Gasteiger partial charge in [0.15, 0.2) is 5.82 Å². The van der Waals surface area contributed by atoms with E-state index in [4.69, 9.17) is 0 Å². The first-order valence-corrected chi connectivity index (χ1v) is 7.86. The molecule has 2 heterocycles. The van der Waals surface area contributed by atoms with Gasteiger partial charge in [-0.15, -0.1) is 0 Å². The number of aliphatic hydroxyl groups excluding tert-OH is 1. The summed E-state index contributed by atoms with van der Waals surface area (Å²) >= 11 is 0. The van der Waals surface area contributed by atoms with Crippen molar-refractivity contribution in [1.82, 2.24) is 14.6 Å². The Kier molecular flexibility index (Phi) is 4.24. The van der Waals surface area contributed by atoms with Gasteiger partial charge in [0.25, 0.3) is 0 Å². The van der Waals surface area contributed by atoms with Crippen LogP contribution in [0.25, 0.3) is 5.52 Å². The quantitative estimate of drug-likeness (QED) is 0.771. The minimum atomic E-state index is -0.378. The summed E-state index contributed by atoms with van der Waals surface area (Å²) < 4.78 is 14.9. The molecule has 0 aliphatic rings. The molecule has 0 aliphatic carbocycles. The molecule has 0 spiro atoms. The van der Waals surface area contributed by atoms with E-state index >= 15 is 0 Å². The Hall–Kier alpha value is -2.47. The SMILES string of the molecule is CC(C)(C)c1cc2c(NC(CO)c3ccc(F)cc3)nccn2n1. The highest BCUT2D eigenvalue weighted by Crippen LogP contribution is 2.26. The lowest BCUT2D eigenvalue weighted by atomic mass is 9.92. The molecule has 2 aromatic heterocycles. The Balaban J connectivity index is 1.96. The molecule has 1 atom stereocenters. The second-order valence-electron chi connectivity index (χ2n) is 6.82. The average Bonchev–Trinajstić information content (AvgIpc) is 2.99. The molecular formula is C18H21FN4O. The standard InChI is InChI=1S/C18H21FN4O/c1-18(2,3)16-10-15-17(20-8-9-23(15)22-16)21-14(11-24)12-4-6-13(19)7-5-12/h4-10,14,24H,11H2,1-3H3,(H,20,21). The molecule has 0 radical (unpaired) electrons. The van der Waals surface area contributed by atoms with Gasteiger partial charge in [0, 0.05) is 17.8 Å². The number of nitrogens with one attached hydrogen (secondary N) is 1. The van der Waals surface area contributed by atoms with Crippen molar-refractivity contribution >= 4 is 11.3 Å². The fraction of sp³-hybridized carbons (Fsp3) is 0.333. The molecule has 0 amide bonds. The number of rotatable bonds is 4. The van der Waals surface area contributed by atoms with Gasteiger partial charge in [-0.05, 0) is 23.8 Å². The van der Waals surface area contributed by atoms with E-state index in [1.807, 2.05) is 6.07 Å². The number of hydrogen-bond donors (Lipinski definition) is 2. The van der Waals surface area contributed by atoms with Crippen LogP contribution in [0, 0.1) is 5.82 Å². The lowest BCUT2D eigenvalue weighted by Gasteiger charge is -2.17. The van der Waals surface area contributed by atoms with Gasteiger partial charge in [-0.2, -0.15) is 5.10 Å². The lowest BCUT2D eigenvalue weighted by Crippen LogP contribution is -2.16. The molecule has 126 valence electrons. The minimum Gasteiger partial charge on any atom is -0.394 e. The number of benzene rings is 1. The summed E-state index contributed by atoms with van der Waals surface area (Å²) in [6.45, 7) is 6.17. The van der Waals surface area contributed by atoms with Gasteiger partial charge in [0.1, 0.15) is 11.3 Å². The van der Waals surface area contributed by atoms with Crippen LogP contribution in [-0.4, -0.2) is 26.3 Å². The van der Waals surface area contributed by atoms with Crippen molar-refractivity contribution in [1.29, 1.82) is 0 Å². The smallest absolute Gasteiger partial charge is 0.152 e. The Morgan fingerprint density at radius 2 is 1.96 bits per heavy atom. The van der Waals surface area contributed by atoms with Crippen LogP contribution >= 0.6 is 0 Å². The topological polar surface area (TPSA) is 62.5 Å². The van der Waals surface area contributed by atoms with Gasteiger partial charge in [0.2, 0.25) is 0 Å². The Morgan fingerprint density at radius 1 is 1.25 bits per heavy atom. The molecule has 0 fully saturated rings. The van der Waals surface area contributed by atoms with Gasteiger partial charge in [-0.3, -0.25) is 0 Å². The zero-order chi connectivity index (χ0) is 17.3. The van der Waals surface area contributed by atoms with Gasteiger partial charge in [0.05, 0.1) is 18.3 Å². The maximum Gasteiger partial charge on any atom is 0.152 e. The maximum atomic E-state index is 13.1. The van der Waals surface area contributed by atoms with E-state index in [1.54, 1.807) is 29.0 Å². The predicted octanol–water partition coefficient (Wildman–Crippen LogP) is 3.31. The van der Waals surface area contributed by atoms with Crippen LogP contribution in [0.2, 0.25) is 0 Å². The van der Waals surface area contributed by atoms with Crippen LogP contribution in [0.1, 0.15) is 38.1 Å². The highest BCUT2D eigenvalue weighted by Gasteiger charge is 2.20. The molecule has 1 aromatic carbocycles. The van der Waals surface area contributed by atoms with E-state index in [0.717, 1.165) is 16.8 Å². The molecule has 3 aromatic rings. The summed E-state index contributed by atoms with van der Waals surface area (Å²) in [5.41, 5.74) is 2.51. The molecule has 0 saturated heterocycles. The number of hydrogen-bond acceptors (Lipinski definition) is 4. The van der Waals surface area contributed by atoms with E-state index in [9.17, 15) is 9.50 Å². The number of aromatic nitrogens is 3. The minimum absolute atomic E-state index is 0.0728. The maximum absolute atomic E-state index is 13.1. The number of anilines is 1. The Labute approximate surface area is 140 Å². The summed E-state index contributed by atoms with van der Waals surface area (Å²) in [4.78, 5) is 4.38. The van der Waals surface area contributed by atoms with Gasteiger partial charge in [-0.1, -0.05) is 32.9 Å². The first-order valence-electron chi connectivity index (χ1n) is 7.86. The van der Waals surface area contributed by atoms with E-state index < -0.39 is 0 Å². The largest absolute Gasteiger partial charge is 0.394 e. The average molecular weight is 328 g/mol. The molecular weight excluding hydrogens is 307 g/mol. The zero-order valence-electron chi connectivity index (χ0n) is 14.0.